The number of methoxy groups -OCH3 is 1. The Bertz CT molecular complexity index is 1070. The number of carbonyl (C=O) groups excluding carboxylic acids is 1. The van der Waals surface area contributed by atoms with Crippen LogP contribution in [0.15, 0.2) is 51.7 Å². The van der Waals surface area contributed by atoms with Crippen LogP contribution >= 0.6 is 15.9 Å². The van der Waals surface area contributed by atoms with Crippen molar-refractivity contribution in [2.24, 2.45) is 0 Å². The highest BCUT2D eigenvalue weighted by Crippen LogP contribution is 2.27. The van der Waals surface area contributed by atoms with Gasteiger partial charge in [0.15, 0.2) is 0 Å². The van der Waals surface area contributed by atoms with Crippen LogP contribution in [0.4, 0.5) is 13.2 Å². The number of halogens is 4. The molecule has 10 heteroatoms. The van der Waals surface area contributed by atoms with Gasteiger partial charge < -0.3 is 10.1 Å². The van der Waals surface area contributed by atoms with E-state index < -0.39 is 30.9 Å². The number of carbonyl (C=O) groups is 1. The molecule has 3 rings (SSSR count). The number of hydrogen-bond donors (Lipinski definition) is 1. The fourth-order valence-electron chi connectivity index (χ4n) is 2.82. The molecule has 0 unspecified atom stereocenters. The minimum atomic E-state index is -4.53. The molecule has 6 nitrogen and oxygen atoms in total. The molecule has 0 aliphatic carbocycles. The largest absolute Gasteiger partial charge is 0.494 e. The molecule has 3 aromatic rings. The van der Waals surface area contributed by atoms with Gasteiger partial charge in [-0.3, -0.25) is 13.9 Å². The standard InChI is InChI=1S/C18H15BrF3N3O3/c1-28-14-4-2-3-13-16(14)25(12-7-5-11(19)6-8-12)17(27)24(13)9-15(26)23-10-18(20,21)22/h2-8H,9-10H2,1H3,(H,23,26). The summed E-state index contributed by atoms with van der Waals surface area (Å²) in [7, 11) is 1.44. The first-order valence-electron chi connectivity index (χ1n) is 8.09. The molecular formula is C18H15BrF3N3O3. The number of para-hydroxylation sites is 1. The molecule has 28 heavy (non-hydrogen) atoms. The molecule has 0 bridgehead atoms. The predicted octanol–water partition coefficient (Wildman–Crippen LogP) is 3.24. The maximum Gasteiger partial charge on any atom is 0.405 e. The smallest absolute Gasteiger partial charge is 0.405 e. The van der Waals surface area contributed by atoms with Crippen LogP contribution in [-0.4, -0.2) is 34.9 Å². The normalized spacial score (nSPS) is 11.6. The lowest BCUT2D eigenvalue weighted by Crippen LogP contribution is -2.37. The van der Waals surface area contributed by atoms with Crippen molar-refractivity contribution in [3.63, 3.8) is 0 Å². The summed E-state index contributed by atoms with van der Waals surface area (Å²) in [5, 5.41) is 1.78. The van der Waals surface area contributed by atoms with Crippen LogP contribution in [0.3, 0.4) is 0 Å². The third kappa shape index (κ3) is 4.06. The van der Waals surface area contributed by atoms with Gasteiger partial charge >= 0.3 is 11.9 Å². The Kier molecular flexibility index (Phi) is 5.50. The molecular weight excluding hydrogens is 443 g/mol. The lowest BCUT2D eigenvalue weighted by molar-refractivity contribution is -0.138. The molecule has 0 saturated heterocycles. The summed E-state index contributed by atoms with van der Waals surface area (Å²) in [6, 6.07) is 11.8. The zero-order valence-corrected chi connectivity index (χ0v) is 16.2. The number of fused-ring (bicyclic) bond motifs is 1. The zero-order chi connectivity index (χ0) is 20.5. The van der Waals surface area contributed by atoms with Crippen molar-refractivity contribution >= 4 is 32.9 Å². The third-order valence-electron chi connectivity index (χ3n) is 4.01. The number of rotatable bonds is 5. The third-order valence-corrected chi connectivity index (χ3v) is 4.54. The van der Waals surface area contributed by atoms with Gasteiger partial charge in [0.25, 0.3) is 0 Å². The highest BCUT2D eigenvalue weighted by molar-refractivity contribution is 9.10. The van der Waals surface area contributed by atoms with E-state index in [0.29, 0.717) is 22.5 Å². The molecule has 1 aromatic heterocycles. The van der Waals surface area contributed by atoms with E-state index in [1.807, 2.05) is 0 Å². The van der Waals surface area contributed by atoms with Crippen molar-refractivity contribution < 1.29 is 22.7 Å². The van der Waals surface area contributed by atoms with Crippen molar-refractivity contribution in [1.29, 1.82) is 0 Å². The van der Waals surface area contributed by atoms with Crippen molar-refractivity contribution in [3.05, 3.63) is 57.4 Å². The minimum absolute atomic E-state index is 0.370. The van der Waals surface area contributed by atoms with Gasteiger partial charge in [-0.05, 0) is 36.4 Å². The Balaban J connectivity index is 2.11. The van der Waals surface area contributed by atoms with E-state index in [9.17, 15) is 22.8 Å². The van der Waals surface area contributed by atoms with E-state index in [1.165, 1.54) is 11.7 Å². The van der Waals surface area contributed by atoms with Gasteiger partial charge in [0.2, 0.25) is 5.91 Å². The van der Waals surface area contributed by atoms with E-state index >= 15 is 0 Å². The Morgan fingerprint density at radius 3 is 2.46 bits per heavy atom. The number of alkyl halides is 3. The number of nitrogens with zero attached hydrogens (tertiary/aromatic N) is 2. The molecule has 0 radical (unpaired) electrons. The summed E-state index contributed by atoms with van der Waals surface area (Å²) in [5.41, 5.74) is 0.747. The summed E-state index contributed by atoms with van der Waals surface area (Å²) in [5.74, 6) is -0.524. The summed E-state index contributed by atoms with van der Waals surface area (Å²) in [6.45, 7) is -2.02. The summed E-state index contributed by atoms with van der Waals surface area (Å²) >= 11 is 3.32. The van der Waals surface area contributed by atoms with Crippen molar-refractivity contribution in [1.82, 2.24) is 14.5 Å². The molecule has 0 atom stereocenters. The van der Waals surface area contributed by atoms with E-state index in [1.54, 1.807) is 47.8 Å². The number of nitrogens with one attached hydrogen (secondary N) is 1. The number of imidazole rings is 1. The first-order chi connectivity index (χ1) is 13.2. The van der Waals surface area contributed by atoms with Crippen molar-refractivity contribution in [3.8, 4) is 11.4 Å². The average Bonchev–Trinajstić information content (AvgIpc) is 2.92. The van der Waals surface area contributed by atoms with Gasteiger partial charge in [-0.25, -0.2) is 4.79 Å². The highest BCUT2D eigenvalue weighted by Gasteiger charge is 2.28. The molecule has 0 aliphatic heterocycles. The second-order valence-electron chi connectivity index (χ2n) is 5.90. The molecule has 0 fully saturated rings. The first-order valence-corrected chi connectivity index (χ1v) is 8.88. The predicted molar refractivity (Wildman–Crippen MR) is 101 cm³/mol. The summed E-state index contributed by atoms with van der Waals surface area (Å²) < 4.78 is 45.6. The number of ether oxygens (including phenoxy) is 1. The molecule has 148 valence electrons. The Hall–Kier alpha value is -2.75. The van der Waals surface area contributed by atoms with E-state index in [0.717, 1.165) is 9.04 Å². The first kappa shape index (κ1) is 20.0. The van der Waals surface area contributed by atoms with E-state index in [2.05, 4.69) is 15.9 Å². The highest BCUT2D eigenvalue weighted by atomic mass is 79.9. The number of benzene rings is 2. The average molecular weight is 458 g/mol. The Morgan fingerprint density at radius 2 is 1.86 bits per heavy atom. The second kappa shape index (κ2) is 7.70. The quantitative estimate of drug-likeness (QED) is 0.639. The van der Waals surface area contributed by atoms with Crippen LogP contribution in [0.1, 0.15) is 0 Å². The van der Waals surface area contributed by atoms with Crippen LogP contribution in [0.5, 0.6) is 5.75 Å². The van der Waals surface area contributed by atoms with Gasteiger partial charge in [0.05, 0.1) is 18.3 Å². The fraction of sp³-hybridized carbons (Fsp3) is 0.222. The van der Waals surface area contributed by atoms with Gasteiger partial charge in [0.1, 0.15) is 24.4 Å². The van der Waals surface area contributed by atoms with E-state index in [-0.39, 0.29) is 0 Å². The maximum absolute atomic E-state index is 13.0. The molecule has 0 aliphatic rings. The molecule has 0 spiro atoms. The van der Waals surface area contributed by atoms with Crippen LogP contribution in [0.2, 0.25) is 0 Å². The number of aromatic nitrogens is 2. The summed E-state index contributed by atoms with van der Waals surface area (Å²) in [4.78, 5) is 25.0. The lowest BCUT2D eigenvalue weighted by Gasteiger charge is -2.09. The number of amides is 1. The Morgan fingerprint density at radius 1 is 1.18 bits per heavy atom. The molecule has 0 saturated carbocycles. The molecule has 2 aromatic carbocycles. The fourth-order valence-corrected chi connectivity index (χ4v) is 3.08. The topological polar surface area (TPSA) is 65.3 Å². The van der Waals surface area contributed by atoms with Crippen molar-refractivity contribution in [2.45, 2.75) is 12.7 Å². The lowest BCUT2D eigenvalue weighted by atomic mass is 10.2. The second-order valence-corrected chi connectivity index (χ2v) is 6.82. The van der Waals surface area contributed by atoms with Crippen LogP contribution in [-0.2, 0) is 11.3 Å². The van der Waals surface area contributed by atoms with Gasteiger partial charge in [-0.1, -0.05) is 22.0 Å². The van der Waals surface area contributed by atoms with Crippen LogP contribution in [0.25, 0.3) is 16.7 Å². The Labute approximate surface area is 165 Å². The maximum atomic E-state index is 13.0. The molecule has 1 N–H and O–H groups in total. The molecule has 1 heterocycles. The van der Waals surface area contributed by atoms with Crippen LogP contribution < -0.4 is 15.7 Å². The zero-order valence-electron chi connectivity index (χ0n) is 14.6. The minimum Gasteiger partial charge on any atom is -0.494 e. The van der Waals surface area contributed by atoms with E-state index in [4.69, 9.17) is 4.74 Å². The van der Waals surface area contributed by atoms with Gasteiger partial charge in [-0.15, -0.1) is 0 Å². The monoisotopic (exact) mass is 457 g/mol. The molecule has 1 amide bonds. The number of hydrogen-bond acceptors (Lipinski definition) is 3. The van der Waals surface area contributed by atoms with Crippen LogP contribution in [0, 0.1) is 0 Å². The van der Waals surface area contributed by atoms with Crippen molar-refractivity contribution in [2.75, 3.05) is 13.7 Å². The van der Waals surface area contributed by atoms with Gasteiger partial charge in [0, 0.05) is 4.47 Å². The summed E-state index contributed by atoms with van der Waals surface area (Å²) in [6.07, 6.45) is -4.53. The SMILES string of the molecule is COc1cccc2c1n(-c1ccc(Br)cc1)c(=O)n2CC(=O)NCC(F)(F)F. The van der Waals surface area contributed by atoms with Gasteiger partial charge in [-0.2, -0.15) is 13.2 Å².